The highest BCUT2D eigenvalue weighted by Gasteiger charge is 2.24. The van der Waals surface area contributed by atoms with Crippen LogP contribution in [0.2, 0.25) is 0 Å². The zero-order valence-electron chi connectivity index (χ0n) is 21.2. The molecular formula is C30H41N3O2. The molecule has 0 bridgehead atoms. The number of nitrogens with zero attached hydrogens (tertiary/aromatic N) is 3. The fourth-order valence-electron chi connectivity index (χ4n) is 3.71. The molecule has 0 atom stereocenters. The molecule has 2 heterocycles. The van der Waals surface area contributed by atoms with Gasteiger partial charge in [0.2, 0.25) is 5.91 Å². The van der Waals surface area contributed by atoms with Crippen molar-refractivity contribution in [1.29, 1.82) is 0 Å². The van der Waals surface area contributed by atoms with E-state index >= 15 is 0 Å². The number of piperazine rings is 1. The van der Waals surface area contributed by atoms with E-state index in [4.69, 9.17) is 0 Å². The average Bonchev–Trinajstić information content (AvgIpc) is 2.90. The number of allylic oxidation sites excluding steroid dienone is 10. The summed E-state index contributed by atoms with van der Waals surface area (Å²) in [6.07, 6.45) is 30.9. The number of unbranched alkanes of at least 4 members (excludes halogenated alkanes) is 1. The van der Waals surface area contributed by atoms with Gasteiger partial charge in [0.1, 0.15) is 5.69 Å². The van der Waals surface area contributed by atoms with Crippen molar-refractivity contribution in [1.82, 2.24) is 14.8 Å². The highest BCUT2D eigenvalue weighted by Crippen LogP contribution is 2.10. The Morgan fingerprint density at radius 1 is 0.771 bits per heavy atom. The van der Waals surface area contributed by atoms with Gasteiger partial charge in [0.15, 0.2) is 0 Å². The van der Waals surface area contributed by atoms with Crippen LogP contribution in [0, 0.1) is 0 Å². The highest BCUT2D eigenvalue weighted by atomic mass is 16.2. The molecule has 0 saturated carbocycles. The number of amides is 2. The van der Waals surface area contributed by atoms with Crippen LogP contribution < -0.4 is 0 Å². The molecule has 0 spiro atoms. The van der Waals surface area contributed by atoms with Gasteiger partial charge in [-0.15, -0.1) is 0 Å². The maximum absolute atomic E-state index is 12.5. The van der Waals surface area contributed by atoms with E-state index in [9.17, 15) is 9.59 Å². The average molecular weight is 476 g/mol. The quantitative estimate of drug-likeness (QED) is 0.235. The Morgan fingerprint density at radius 2 is 1.31 bits per heavy atom. The fourth-order valence-corrected chi connectivity index (χ4v) is 3.71. The van der Waals surface area contributed by atoms with E-state index < -0.39 is 0 Å². The first-order chi connectivity index (χ1) is 17.2. The molecule has 2 rings (SSSR count). The van der Waals surface area contributed by atoms with Gasteiger partial charge < -0.3 is 9.80 Å². The van der Waals surface area contributed by atoms with E-state index in [2.05, 4.69) is 72.7 Å². The molecule has 188 valence electrons. The Labute approximate surface area is 211 Å². The maximum Gasteiger partial charge on any atom is 0.272 e. The van der Waals surface area contributed by atoms with Crippen molar-refractivity contribution in [2.45, 2.75) is 58.3 Å². The summed E-state index contributed by atoms with van der Waals surface area (Å²) in [5.41, 5.74) is 0.462. The van der Waals surface area contributed by atoms with Gasteiger partial charge in [-0.25, -0.2) is 0 Å². The third-order valence-electron chi connectivity index (χ3n) is 5.72. The molecule has 1 saturated heterocycles. The Bertz CT molecular complexity index is 876. The van der Waals surface area contributed by atoms with Crippen LogP contribution in [0.3, 0.4) is 0 Å². The molecule has 1 aromatic heterocycles. The van der Waals surface area contributed by atoms with Gasteiger partial charge in [-0.1, -0.05) is 73.8 Å². The molecule has 1 aliphatic rings. The first kappa shape index (κ1) is 28.0. The maximum atomic E-state index is 12.5. The summed E-state index contributed by atoms with van der Waals surface area (Å²) < 4.78 is 0. The molecule has 0 N–H and O–H groups in total. The second-order valence-electron chi connectivity index (χ2n) is 8.49. The van der Waals surface area contributed by atoms with Crippen LogP contribution in [0.25, 0.3) is 0 Å². The minimum Gasteiger partial charge on any atom is -0.339 e. The van der Waals surface area contributed by atoms with Crippen molar-refractivity contribution in [2.75, 3.05) is 26.2 Å². The van der Waals surface area contributed by atoms with Crippen LogP contribution in [-0.4, -0.2) is 52.8 Å². The number of pyridine rings is 1. The normalized spacial score (nSPS) is 15.0. The number of hydrogen-bond acceptors (Lipinski definition) is 3. The molecule has 35 heavy (non-hydrogen) atoms. The Morgan fingerprint density at radius 3 is 1.86 bits per heavy atom. The molecular weight excluding hydrogens is 434 g/mol. The zero-order valence-corrected chi connectivity index (χ0v) is 21.2. The molecule has 5 nitrogen and oxygen atoms in total. The molecule has 1 fully saturated rings. The third-order valence-corrected chi connectivity index (χ3v) is 5.72. The van der Waals surface area contributed by atoms with Crippen LogP contribution in [-0.2, 0) is 4.79 Å². The lowest BCUT2D eigenvalue weighted by Crippen LogP contribution is -2.50. The van der Waals surface area contributed by atoms with Crippen molar-refractivity contribution in [2.24, 2.45) is 0 Å². The van der Waals surface area contributed by atoms with Crippen molar-refractivity contribution in [3.8, 4) is 0 Å². The van der Waals surface area contributed by atoms with Crippen molar-refractivity contribution >= 4 is 11.8 Å². The Hall–Kier alpha value is -3.21. The SMILES string of the molecule is CC/C=C\C/C=C\C/C=C\C/C=C\C/C=C\CCCC(=O)N1CCN(C(=O)c2ccccn2)CC1. The number of carbonyl (C=O) groups is 2. The molecule has 0 radical (unpaired) electrons. The second-order valence-corrected chi connectivity index (χ2v) is 8.49. The largest absolute Gasteiger partial charge is 0.339 e. The first-order valence-corrected chi connectivity index (χ1v) is 13.0. The van der Waals surface area contributed by atoms with Gasteiger partial charge in [0, 0.05) is 38.8 Å². The van der Waals surface area contributed by atoms with E-state index in [1.54, 1.807) is 23.2 Å². The lowest BCUT2D eigenvalue weighted by atomic mass is 10.2. The van der Waals surface area contributed by atoms with Crippen LogP contribution in [0.4, 0.5) is 0 Å². The lowest BCUT2D eigenvalue weighted by molar-refractivity contribution is -0.132. The smallest absolute Gasteiger partial charge is 0.272 e. The van der Waals surface area contributed by atoms with Crippen LogP contribution in [0.1, 0.15) is 68.8 Å². The standard InChI is InChI=1S/C30H41N3O2/c1-2-3-4-5-6-7-8-9-10-11-12-13-14-15-16-17-18-22-29(34)32-24-26-33(27-25-32)30(35)28-21-19-20-23-31-28/h3-4,6-7,9-10,12-13,15-16,19-21,23H,2,5,8,11,14,17-18,22,24-27H2,1H3/b4-3-,7-6-,10-9-,13-12-,16-15-. The number of rotatable bonds is 14. The first-order valence-electron chi connectivity index (χ1n) is 13.0. The van der Waals surface area contributed by atoms with Crippen molar-refractivity contribution < 1.29 is 9.59 Å². The Kier molecular flexibility index (Phi) is 14.5. The van der Waals surface area contributed by atoms with Gasteiger partial charge in [-0.3, -0.25) is 14.6 Å². The predicted molar refractivity (Wildman–Crippen MR) is 145 cm³/mol. The molecule has 5 heteroatoms. The summed E-state index contributed by atoms with van der Waals surface area (Å²) in [5, 5.41) is 0. The summed E-state index contributed by atoms with van der Waals surface area (Å²) in [5.74, 6) is 0.123. The predicted octanol–water partition coefficient (Wildman–Crippen LogP) is 6.29. The molecule has 0 aliphatic carbocycles. The van der Waals surface area contributed by atoms with Crippen LogP contribution in [0.5, 0.6) is 0 Å². The second kappa shape index (κ2) is 18.2. The minimum atomic E-state index is -0.0592. The van der Waals surface area contributed by atoms with Gasteiger partial charge in [-0.05, 0) is 57.1 Å². The molecule has 1 aliphatic heterocycles. The number of hydrogen-bond donors (Lipinski definition) is 0. The summed E-state index contributed by atoms with van der Waals surface area (Å²) in [7, 11) is 0. The monoisotopic (exact) mass is 475 g/mol. The summed E-state index contributed by atoms with van der Waals surface area (Å²) >= 11 is 0. The number of aromatic nitrogens is 1. The Balaban J connectivity index is 1.49. The molecule has 2 amide bonds. The van der Waals surface area contributed by atoms with E-state index in [0.717, 1.165) is 44.9 Å². The van der Waals surface area contributed by atoms with E-state index in [1.165, 1.54) is 0 Å². The third kappa shape index (κ3) is 12.2. The minimum absolute atomic E-state index is 0.0592. The fraction of sp³-hybridized carbons (Fsp3) is 0.433. The van der Waals surface area contributed by atoms with Crippen molar-refractivity contribution in [3.05, 3.63) is 90.9 Å². The molecule has 0 unspecified atom stereocenters. The van der Waals surface area contributed by atoms with Gasteiger partial charge in [-0.2, -0.15) is 0 Å². The van der Waals surface area contributed by atoms with E-state index in [-0.39, 0.29) is 11.8 Å². The van der Waals surface area contributed by atoms with Crippen LogP contribution in [0.15, 0.2) is 85.2 Å². The van der Waals surface area contributed by atoms with Crippen LogP contribution >= 0.6 is 0 Å². The van der Waals surface area contributed by atoms with Gasteiger partial charge in [0.05, 0.1) is 0 Å². The van der Waals surface area contributed by atoms with Gasteiger partial charge in [0.25, 0.3) is 5.91 Å². The van der Waals surface area contributed by atoms with Crippen molar-refractivity contribution in [3.63, 3.8) is 0 Å². The van der Waals surface area contributed by atoms with E-state index in [1.807, 2.05) is 11.0 Å². The molecule has 1 aromatic rings. The highest BCUT2D eigenvalue weighted by molar-refractivity contribution is 5.92. The lowest BCUT2D eigenvalue weighted by Gasteiger charge is -2.34. The molecule has 0 aromatic carbocycles. The number of carbonyl (C=O) groups excluding carboxylic acids is 2. The zero-order chi connectivity index (χ0) is 25.0. The topological polar surface area (TPSA) is 53.5 Å². The summed E-state index contributed by atoms with van der Waals surface area (Å²) in [6, 6.07) is 5.35. The van der Waals surface area contributed by atoms with Gasteiger partial charge >= 0.3 is 0 Å². The van der Waals surface area contributed by atoms with E-state index in [0.29, 0.717) is 38.3 Å². The summed E-state index contributed by atoms with van der Waals surface area (Å²) in [4.78, 5) is 32.7. The summed E-state index contributed by atoms with van der Waals surface area (Å²) in [6.45, 7) is 4.47.